The van der Waals surface area contributed by atoms with Gasteiger partial charge in [0, 0.05) is 13.0 Å². The molecule has 0 heterocycles. The summed E-state index contributed by atoms with van der Waals surface area (Å²) in [6, 6.07) is 0. The van der Waals surface area contributed by atoms with E-state index >= 15 is 0 Å². The van der Waals surface area contributed by atoms with Gasteiger partial charge in [-0.2, -0.15) is 0 Å². The molecule has 0 aromatic heterocycles. The molecular formula is C61H111NO7P+. The summed E-state index contributed by atoms with van der Waals surface area (Å²) in [6.45, 7) is 5.46. The number of ether oxygens (including phenoxy) is 2. The number of phosphoric acid groups is 1. The fraction of sp³-hybridized carbons (Fsp3) is 0.754. The summed E-state index contributed by atoms with van der Waals surface area (Å²) in [5, 5.41) is 0. The number of likely N-dealkylation sites (N-methyl/N-ethyl adjacent to an activating group) is 1. The maximum Gasteiger partial charge on any atom is 0.472 e. The molecule has 0 aromatic carbocycles. The Morgan fingerprint density at radius 2 is 0.814 bits per heavy atom. The quantitative estimate of drug-likeness (QED) is 0.0213. The fourth-order valence-corrected chi connectivity index (χ4v) is 8.58. The summed E-state index contributed by atoms with van der Waals surface area (Å²) >= 11 is 0. The monoisotopic (exact) mass is 1000 g/mol. The number of esters is 1. The Hall–Kier alpha value is -2.32. The van der Waals surface area contributed by atoms with Crippen molar-refractivity contribution in [3.05, 3.63) is 85.1 Å². The van der Waals surface area contributed by atoms with Crippen LogP contribution in [0.1, 0.15) is 239 Å². The van der Waals surface area contributed by atoms with E-state index < -0.39 is 13.9 Å². The van der Waals surface area contributed by atoms with E-state index in [0.717, 1.165) is 64.2 Å². The van der Waals surface area contributed by atoms with Crippen LogP contribution in [0.3, 0.4) is 0 Å². The molecule has 0 rings (SSSR count). The number of rotatable bonds is 53. The van der Waals surface area contributed by atoms with E-state index in [-0.39, 0.29) is 32.2 Å². The van der Waals surface area contributed by atoms with E-state index in [9.17, 15) is 14.3 Å². The summed E-state index contributed by atoms with van der Waals surface area (Å²) in [5.41, 5.74) is 0. The molecule has 406 valence electrons. The van der Waals surface area contributed by atoms with E-state index in [1.54, 1.807) is 0 Å². The zero-order chi connectivity index (χ0) is 51.2. The van der Waals surface area contributed by atoms with Gasteiger partial charge in [-0.3, -0.25) is 13.8 Å². The molecule has 0 fully saturated rings. The minimum absolute atomic E-state index is 0.0748. The number of nitrogens with zero attached hydrogens (tertiary/aromatic N) is 1. The smallest absolute Gasteiger partial charge is 0.457 e. The van der Waals surface area contributed by atoms with Gasteiger partial charge in [-0.25, -0.2) is 4.57 Å². The van der Waals surface area contributed by atoms with Gasteiger partial charge in [-0.1, -0.05) is 253 Å². The molecule has 0 saturated heterocycles. The fourth-order valence-electron chi connectivity index (χ4n) is 7.84. The van der Waals surface area contributed by atoms with Crippen molar-refractivity contribution in [2.24, 2.45) is 0 Å². The summed E-state index contributed by atoms with van der Waals surface area (Å²) in [4.78, 5) is 23.0. The first-order chi connectivity index (χ1) is 34.1. The molecule has 0 amide bonds. The average molecular weight is 1000 g/mol. The lowest BCUT2D eigenvalue weighted by Gasteiger charge is -2.24. The summed E-state index contributed by atoms with van der Waals surface area (Å²) < 4.78 is 35.2. The predicted octanol–water partition coefficient (Wildman–Crippen LogP) is 18.3. The third-order valence-electron chi connectivity index (χ3n) is 12.2. The van der Waals surface area contributed by atoms with Crippen molar-refractivity contribution in [3.8, 4) is 0 Å². The van der Waals surface area contributed by atoms with Gasteiger partial charge in [-0.05, 0) is 64.2 Å². The molecule has 2 unspecified atom stereocenters. The highest BCUT2D eigenvalue weighted by Gasteiger charge is 2.26. The number of carbonyl (C=O) groups is 1. The Kier molecular flexibility index (Phi) is 51.2. The number of phosphoric ester groups is 1. The molecular weight excluding hydrogens is 890 g/mol. The SMILES string of the molecule is CC/C=C\C/C=C\C/C=C\C/C=C\C/C=C\C/C=C\C/C=C\CCCC(=O)OC(COCCCCCCCCCCCCCCCCCCCCCCCCCCC)COP(=O)(O)OCC[N+](C)(C)C. The minimum atomic E-state index is -4.30. The summed E-state index contributed by atoms with van der Waals surface area (Å²) in [7, 11) is 1.63. The highest BCUT2D eigenvalue weighted by atomic mass is 31.2. The zero-order valence-electron chi connectivity index (χ0n) is 46.2. The number of hydrogen-bond donors (Lipinski definition) is 1. The standard InChI is InChI=1S/C61H110NO7P/c1-6-8-10-12-14-16-18-20-22-24-26-28-30-31-33-35-37-39-41-43-45-47-49-51-53-56-66-58-60(59-68-70(64,65)67-57-55-62(3,4)5)69-61(63)54-52-50-48-46-44-42-40-38-36-34-32-29-27-25-23-21-19-17-15-13-11-9-7-2/h9,11,15,17,21,23,27,29,34,36,40,42,46,48,60H,6-8,10,12-14,16,18-20,22,24-26,28,30-33,35,37-39,41,43-45,47,49-59H2,1-5H3/p+1/b11-9-,17-15-,23-21-,29-27-,36-34-,42-40-,48-46-. The predicted molar refractivity (Wildman–Crippen MR) is 302 cm³/mol. The van der Waals surface area contributed by atoms with Gasteiger partial charge in [-0.15, -0.1) is 0 Å². The number of carbonyl (C=O) groups excluding carboxylic acids is 1. The van der Waals surface area contributed by atoms with Crippen LogP contribution in [-0.2, 0) is 27.9 Å². The summed E-state index contributed by atoms with van der Waals surface area (Å²) in [5.74, 6) is -0.369. The maximum absolute atomic E-state index is 12.8. The largest absolute Gasteiger partial charge is 0.472 e. The van der Waals surface area contributed by atoms with Gasteiger partial charge in [0.05, 0.1) is 34.4 Å². The van der Waals surface area contributed by atoms with Crippen molar-refractivity contribution in [2.45, 2.75) is 245 Å². The molecule has 0 spiro atoms. The van der Waals surface area contributed by atoms with Gasteiger partial charge >= 0.3 is 13.8 Å². The van der Waals surface area contributed by atoms with E-state index in [2.05, 4.69) is 98.9 Å². The molecule has 8 nitrogen and oxygen atoms in total. The van der Waals surface area contributed by atoms with Crippen LogP contribution in [0.5, 0.6) is 0 Å². The van der Waals surface area contributed by atoms with Crippen LogP contribution in [0, 0.1) is 0 Å². The first-order valence-electron chi connectivity index (χ1n) is 28.8. The van der Waals surface area contributed by atoms with Crippen LogP contribution < -0.4 is 0 Å². The Bertz CT molecular complexity index is 1390. The van der Waals surface area contributed by atoms with Crippen LogP contribution in [0.4, 0.5) is 0 Å². The summed E-state index contributed by atoms with van der Waals surface area (Å²) in [6.07, 6.45) is 72.4. The number of hydrogen-bond acceptors (Lipinski definition) is 6. The van der Waals surface area contributed by atoms with Gasteiger partial charge < -0.3 is 18.9 Å². The van der Waals surface area contributed by atoms with Gasteiger partial charge in [0.1, 0.15) is 19.3 Å². The minimum Gasteiger partial charge on any atom is -0.457 e. The van der Waals surface area contributed by atoms with Crippen molar-refractivity contribution in [1.82, 2.24) is 0 Å². The average Bonchev–Trinajstić information content (AvgIpc) is 3.32. The Labute approximate surface area is 433 Å². The van der Waals surface area contributed by atoms with Gasteiger partial charge in [0.2, 0.25) is 0 Å². The van der Waals surface area contributed by atoms with Crippen molar-refractivity contribution in [2.75, 3.05) is 54.1 Å². The van der Waals surface area contributed by atoms with E-state index in [0.29, 0.717) is 24.1 Å². The Morgan fingerprint density at radius 3 is 1.19 bits per heavy atom. The van der Waals surface area contributed by atoms with Gasteiger partial charge in [0.25, 0.3) is 0 Å². The van der Waals surface area contributed by atoms with Gasteiger partial charge in [0.15, 0.2) is 0 Å². The second-order valence-corrected chi connectivity index (χ2v) is 21.8. The number of allylic oxidation sites excluding steroid dienone is 14. The van der Waals surface area contributed by atoms with Crippen LogP contribution in [0.15, 0.2) is 85.1 Å². The zero-order valence-corrected chi connectivity index (χ0v) is 47.1. The second-order valence-electron chi connectivity index (χ2n) is 20.3. The molecule has 70 heavy (non-hydrogen) atoms. The molecule has 0 aliphatic heterocycles. The van der Waals surface area contributed by atoms with Crippen LogP contribution in [-0.4, -0.2) is 75.6 Å². The molecule has 2 atom stereocenters. The molecule has 0 saturated carbocycles. The normalized spacial score (nSPS) is 14.1. The van der Waals surface area contributed by atoms with Crippen molar-refractivity contribution in [3.63, 3.8) is 0 Å². The molecule has 0 aromatic rings. The molecule has 0 aliphatic carbocycles. The van der Waals surface area contributed by atoms with Crippen LogP contribution in [0.25, 0.3) is 0 Å². The third kappa shape index (κ3) is 56.6. The maximum atomic E-state index is 12.8. The topological polar surface area (TPSA) is 91.3 Å². The molecule has 1 N–H and O–H groups in total. The third-order valence-corrected chi connectivity index (χ3v) is 13.2. The van der Waals surface area contributed by atoms with Crippen LogP contribution in [0.2, 0.25) is 0 Å². The highest BCUT2D eigenvalue weighted by Crippen LogP contribution is 2.43. The molecule has 0 radical (unpaired) electrons. The van der Waals surface area contributed by atoms with E-state index in [4.69, 9.17) is 18.5 Å². The Balaban J connectivity index is 4.16. The van der Waals surface area contributed by atoms with Crippen LogP contribution >= 0.6 is 7.82 Å². The number of quaternary nitrogens is 1. The molecule has 0 bridgehead atoms. The first kappa shape index (κ1) is 67.7. The molecule has 9 heteroatoms. The van der Waals surface area contributed by atoms with E-state index in [1.165, 1.54) is 148 Å². The lowest BCUT2D eigenvalue weighted by atomic mass is 10.0. The van der Waals surface area contributed by atoms with Crippen molar-refractivity contribution >= 4 is 13.8 Å². The van der Waals surface area contributed by atoms with Crippen molar-refractivity contribution in [1.29, 1.82) is 0 Å². The first-order valence-corrected chi connectivity index (χ1v) is 30.3. The lowest BCUT2D eigenvalue weighted by molar-refractivity contribution is -0.870. The van der Waals surface area contributed by atoms with Crippen molar-refractivity contribution < 1.29 is 37.3 Å². The second kappa shape index (κ2) is 53.0. The highest BCUT2D eigenvalue weighted by molar-refractivity contribution is 7.47. The number of unbranched alkanes of at least 4 members (excludes halogenated alkanes) is 25. The van der Waals surface area contributed by atoms with E-state index in [1.807, 2.05) is 21.1 Å². The molecule has 0 aliphatic rings. The lowest BCUT2D eigenvalue weighted by Crippen LogP contribution is -2.37. The Morgan fingerprint density at radius 1 is 0.457 bits per heavy atom.